The Balaban J connectivity index is 1.14. The molecule has 10 rings (SSSR count). The van der Waals surface area contributed by atoms with Crippen LogP contribution in [0.15, 0.2) is 212 Å². The Kier molecular flexibility index (Phi) is 7.85. The third kappa shape index (κ3) is 5.62. The molecule has 0 aromatic heterocycles. The van der Waals surface area contributed by atoms with Crippen molar-refractivity contribution in [2.75, 3.05) is 4.90 Å². The van der Waals surface area contributed by atoms with E-state index in [1.165, 1.54) is 44.2 Å². The quantitative estimate of drug-likeness (QED) is 0.172. The van der Waals surface area contributed by atoms with Gasteiger partial charge in [-0.2, -0.15) is 0 Å². The Morgan fingerprint density at radius 2 is 0.833 bits per heavy atom. The zero-order valence-corrected chi connectivity index (χ0v) is 29.6. The average Bonchev–Trinajstić information content (AvgIpc) is 3.40. The summed E-state index contributed by atoms with van der Waals surface area (Å²) in [6, 6.07) is 75.7. The number of ether oxygens (including phenoxy) is 1. The van der Waals surface area contributed by atoms with Crippen LogP contribution >= 0.6 is 0 Å². The van der Waals surface area contributed by atoms with Crippen LogP contribution in [0, 0.1) is 0 Å². The van der Waals surface area contributed by atoms with Gasteiger partial charge in [0.15, 0.2) is 0 Å². The lowest BCUT2D eigenvalue weighted by Gasteiger charge is -2.29. The molecule has 0 bridgehead atoms. The van der Waals surface area contributed by atoms with Crippen LogP contribution in [-0.4, -0.2) is 0 Å². The van der Waals surface area contributed by atoms with Crippen LogP contribution in [0.4, 0.5) is 17.1 Å². The van der Waals surface area contributed by atoms with Gasteiger partial charge in [0.25, 0.3) is 0 Å². The van der Waals surface area contributed by atoms with Crippen LogP contribution in [0.25, 0.3) is 66.4 Å². The van der Waals surface area contributed by atoms with Crippen LogP contribution in [0.5, 0.6) is 11.5 Å². The standard InChI is InChI=1S/C52H35NO/c1-4-13-36(14-5-1)38-23-25-39(26-24-38)40-27-31-44(32-28-40)53(43-18-8-3-9-19-43)48-21-12-22-49-52(48)46-33-29-42(37-15-6-2-7-16-37)35-47(46)51-45-20-11-10-17-41(45)30-34-50(51)54-49/h1-35H. The van der Waals surface area contributed by atoms with Gasteiger partial charge in [0.05, 0.1) is 5.69 Å². The summed E-state index contributed by atoms with van der Waals surface area (Å²) < 4.78 is 6.99. The van der Waals surface area contributed by atoms with Crippen molar-refractivity contribution in [3.05, 3.63) is 212 Å². The highest BCUT2D eigenvalue weighted by Crippen LogP contribution is 2.54. The van der Waals surface area contributed by atoms with Gasteiger partial charge >= 0.3 is 0 Å². The number of para-hydroxylation sites is 1. The second-order valence-electron chi connectivity index (χ2n) is 13.7. The van der Waals surface area contributed by atoms with Gasteiger partial charge in [0, 0.05) is 22.5 Å². The summed E-state index contributed by atoms with van der Waals surface area (Å²) in [4.78, 5) is 2.35. The molecule has 1 aliphatic rings. The minimum atomic E-state index is 0.825. The summed E-state index contributed by atoms with van der Waals surface area (Å²) in [5, 5.41) is 2.35. The second-order valence-corrected chi connectivity index (χ2v) is 13.7. The molecule has 2 nitrogen and oxygen atoms in total. The van der Waals surface area contributed by atoms with E-state index < -0.39 is 0 Å². The number of rotatable bonds is 6. The van der Waals surface area contributed by atoms with Crippen molar-refractivity contribution in [2.45, 2.75) is 0 Å². The van der Waals surface area contributed by atoms with E-state index in [2.05, 4.69) is 217 Å². The number of nitrogens with zero attached hydrogens (tertiary/aromatic N) is 1. The molecule has 0 saturated carbocycles. The summed E-state index contributed by atoms with van der Waals surface area (Å²) in [5.41, 5.74) is 14.8. The summed E-state index contributed by atoms with van der Waals surface area (Å²) in [6.07, 6.45) is 0. The van der Waals surface area contributed by atoms with Gasteiger partial charge in [-0.3, -0.25) is 0 Å². The van der Waals surface area contributed by atoms with Crippen molar-refractivity contribution in [1.29, 1.82) is 0 Å². The van der Waals surface area contributed by atoms with Gasteiger partial charge in [-0.25, -0.2) is 0 Å². The molecule has 0 atom stereocenters. The van der Waals surface area contributed by atoms with E-state index in [-0.39, 0.29) is 0 Å². The molecule has 0 saturated heterocycles. The van der Waals surface area contributed by atoms with E-state index in [9.17, 15) is 0 Å². The Bertz CT molecular complexity index is 2760. The lowest BCUT2D eigenvalue weighted by molar-refractivity contribution is 0.488. The maximum Gasteiger partial charge on any atom is 0.137 e. The fourth-order valence-corrected chi connectivity index (χ4v) is 7.87. The first-order valence-electron chi connectivity index (χ1n) is 18.4. The Morgan fingerprint density at radius 1 is 0.315 bits per heavy atom. The minimum Gasteiger partial charge on any atom is -0.456 e. The van der Waals surface area contributed by atoms with E-state index in [4.69, 9.17) is 4.74 Å². The lowest BCUT2D eigenvalue weighted by atomic mass is 9.88. The van der Waals surface area contributed by atoms with Crippen molar-refractivity contribution < 1.29 is 4.74 Å². The molecule has 0 radical (unpaired) electrons. The number of anilines is 3. The molecule has 0 fully saturated rings. The predicted octanol–water partition coefficient (Wildman–Crippen LogP) is 14.8. The molecular formula is C52H35NO. The van der Waals surface area contributed by atoms with E-state index in [0.717, 1.165) is 50.8 Å². The Labute approximate surface area is 315 Å². The molecule has 254 valence electrons. The molecule has 0 unspecified atom stereocenters. The Morgan fingerprint density at radius 3 is 1.52 bits per heavy atom. The minimum absolute atomic E-state index is 0.825. The number of hydrogen-bond donors (Lipinski definition) is 0. The average molecular weight is 690 g/mol. The molecule has 54 heavy (non-hydrogen) atoms. The van der Waals surface area contributed by atoms with Crippen molar-refractivity contribution in [3.8, 4) is 67.1 Å². The molecule has 1 heterocycles. The van der Waals surface area contributed by atoms with Crippen molar-refractivity contribution in [1.82, 2.24) is 0 Å². The van der Waals surface area contributed by atoms with E-state index in [1.54, 1.807) is 0 Å². The molecular weight excluding hydrogens is 655 g/mol. The fourth-order valence-electron chi connectivity index (χ4n) is 7.87. The van der Waals surface area contributed by atoms with Gasteiger partial charge in [-0.15, -0.1) is 0 Å². The molecule has 0 spiro atoms. The summed E-state index contributed by atoms with van der Waals surface area (Å²) >= 11 is 0. The van der Waals surface area contributed by atoms with Crippen LogP contribution < -0.4 is 9.64 Å². The molecule has 2 heteroatoms. The van der Waals surface area contributed by atoms with Crippen molar-refractivity contribution >= 4 is 27.8 Å². The summed E-state index contributed by atoms with van der Waals surface area (Å²) in [6.45, 7) is 0. The lowest BCUT2D eigenvalue weighted by Crippen LogP contribution is -2.11. The molecule has 9 aromatic carbocycles. The maximum atomic E-state index is 6.99. The number of benzene rings is 9. The summed E-state index contributed by atoms with van der Waals surface area (Å²) in [7, 11) is 0. The highest BCUT2D eigenvalue weighted by molar-refractivity contribution is 6.08. The first-order chi connectivity index (χ1) is 26.8. The molecule has 0 aliphatic carbocycles. The van der Waals surface area contributed by atoms with Crippen LogP contribution in [0.2, 0.25) is 0 Å². The van der Waals surface area contributed by atoms with Gasteiger partial charge in [0.2, 0.25) is 0 Å². The third-order valence-corrected chi connectivity index (χ3v) is 10.5. The van der Waals surface area contributed by atoms with Crippen LogP contribution in [-0.2, 0) is 0 Å². The van der Waals surface area contributed by atoms with E-state index >= 15 is 0 Å². The van der Waals surface area contributed by atoms with Crippen molar-refractivity contribution in [2.24, 2.45) is 0 Å². The smallest absolute Gasteiger partial charge is 0.137 e. The third-order valence-electron chi connectivity index (χ3n) is 10.5. The number of hydrogen-bond acceptors (Lipinski definition) is 2. The van der Waals surface area contributed by atoms with Gasteiger partial charge in [0.1, 0.15) is 11.5 Å². The van der Waals surface area contributed by atoms with Crippen LogP contribution in [0.1, 0.15) is 0 Å². The first kappa shape index (κ1) is 31.6. The zero-order valence-electron chi connectivity index (χ0n) is 29.6. The summed E-state index contributed by atoms with van der Waals surface area (Å²) in [5.74, 6) is 1.68. The topological polar surface area (TPSA) is 12.5 Å². The maximum absolute atomic E-state index is 6.99. The molecule has 0 N–H and O–H groups in total. The van der Waals surface area contributed by atoms with Crippen LogP contribution in [0.3, 0.4) is 0 Å². The largest absolute Gasteiger partial charge is 0.456 e. The fraction of sp³-hybridized carbons (Fsp3) is 0. The highest BCUT2D eigenvalue weighted by Gasteiger charge is 2.28. The molecule has 0 amide bonds. The molecule has 1 aliphatic heterocycles. The number of fused-ring (bicyclic) bond motifs is 7. The van der Waals surface area contributed by atoms with Crippen molar-refractivity contribution in [3.63, 3.8) is 0 Å². The second kappa shape index (κ2) is 13.4. The highest BCUT2D eigenvalue weighted by atomic mass is 16.5. The van der Waals surface area contributed by atoms with E-state index in [1.807, 2.05) is 0 Å². The zero-order chi connectivity index (χ0) is 35.8. The van der Waals surface area contributed by atoms with E-state index in [0.29, 0.717) is 0 Å². The first-order valence-corrected chi connectivity index (χ1v) is 18.4. The van der Waals surface area contributed by atoms with Gasteiger partial charge in [-0.05, 0) is 104 Å². The Hall–Kier alpha value is -7.16. The predicted molar refractivity (Wildman–Crippen MR) is 226 cm³/mol. The normalized spacial score (nSPS) is 11.5. The SMILES string of the molecule is c1ccc(-c2ccc(-c3ccc(N(c4ccccc4)c4cccc5c4-c4ccc(-c6ccccc6)cc4-c4c(ccc6ccccc46)O5)cc3)cc2)cc1. The van der Waals surface area contributed by atoms with Gasteiger partial charge in [-0.1, -0.05) is 164 Å². The van der Waals surface area contributed by atoms with Gasteiger partial charge < -0.3 is 9.64 Å². The monoisotopic (exact) mass is 689 g/mol. The molecule has 9 aromatic rings.